The Hall–Kier alpha value is -2.59. The minimum absolute atomic E-state index is 0.171. The molecule has 2 N–H and O–H groups in total. The van der Waals surface area contributed by atoms with Crippen LogP contribution in [0.5, 0.6) is 0 Å². The van der Waals surface area contributed by atoms with E-state index < -0.39 is 0 Å². The maximum Gasteiger partial charge on any atom is 0.287 e. The van der Waals surface area contributed by atoms with Crippen LogP contribution in [0.3, 0.4) is 0 Å². The Kier molecular flexibility index (Phi) is 5.74. The molecule has 136 valence electrons. The van der Waals surface area contributed by atoms with Gasteiger partial charge >= 0.3 is 0 Å². The van der Waals surface area contributed by atoms with Crippen molar-refractivity contribution >= 4 is 16.9 Å². The Morgan fingerprint density at radius 3 is 2.31 bits per heavy atom. The number of hydrogen-bond acceptors (Lipinski definition) is 2. The minimum Gasteiger partial charge on any atom is -0.451 e. The lowest BCUT2D eigenvalue weighted by molar-refractivity contribution is -0.910. The standard InChI is InChI=1S/C22H26N2O2/c1-4-24(5-2)15-18-12-10-17(11-13-18)14-23-22(25)21-16(3)19-8-6-7-9-20(19)26-21/h6-13H,4-5,14-15H2,1-3H3,(H,23,25)/p+1. The van der Waals surface area contributed by atoms with E-state index in [-0.39, 0.29) is 5.91 Å². The molecule has 0 saturated heterocycles. The molecule has 0 saturated carbocycles. The highest BCUT2D eigenvalue weighted by Gasteiger charge is 2.17. The Morgan fingerprint density at radius 1 is 1.00 bits per heavy atom. The highest BCUT2D eigenvalue weighted by Crippen LogP contribution is 2.24. The van der Waals surface area contributed by atoms with Crippen molar-refractivity contribution in [1.29, 1.82) is 0 Å². The van der Waals surface area contributed by atoms with E-state index in [0.29, 0.717) is 12.3 Å². The number of benzene rings is 2. The van der Waals surface area contributed by atoms with E-state index in [2.05, 4.69) is 43.4 Å². The fraction of sp³-hybridized carbons (Fsp3) is 0.318. The summed E-state index contributed by atoms with van der Waals surface area (Å²) in [6.07, 6.45) is 0. The van der Waals surface area contributed by atoms with Crippen molar-refractivity contribution in [3.05, 3.63) is 71.0 Å². The quantitative estimate of drug-likeness (QED) is 0.687. The summed E-state index contributed by atoms with van der Waals surface area (Å²) in [6.45, 7) is 10.1. The molecule has 3 aromatic rings. The van der Waals surface area contributed by atoms with Crippen molar-refractivity contribution in [2.45, 2.75) is 33.9 Å². The number of nitrogens with one attached hydrogen (secondary N) is 2. The molecule has 4 nitrogen and oxygen atoms in total. The van der Waals surface area contributed by atoms with Gasteiger partial charge in [-0.25, -0.2) is 0 Å². The lowest BCUT2D eigenvalue weighted by Gasteiger charge is -2.15. The first kappa shape index (κ1) is 18.2. The first-order valence-corrected chi connectivity index (χ1v) is 9.30. The molecule has 1 aromatic heterocycles. The Labute approximate surface area is 154 Å². The molecule has 0 atom stereocenters. The van der Waals surface area contributed by atoms with E-state index >= 15 is 0 Å². The van der Waals surface area contributed by atoms with E-state index in [0.717, 1.165) is 41.7 Å². The van der Waals surface area contributed by atoms with E-state index in [1.165, 1.54) is 5.56 Å². The van der Waals surface area contributed by atoms with Gasteiger partial charge in [-0.3, -0.25) is 4.79 Å². The number of carbonyl (C=O) groups is 1. The van der Waals surface area contributed by atoms with Gasteiger partial charge in [0, 0.05) is 23.1 Å². The summed E-state index contributed by atoms with van der Waals surface area (Å²) in [5.41, 5.74) is 4.05. The lowest BCUT2D eigenvalue weighted by Crippen LogP contribution is -3.10. The SMILES string of the molecule is CC[NH+](CC)Cc1ccc(CNC(=O)c2oc3ccccc3c2C)cc1. The first-order valence-electron chi connectivity index (χ1n) is 9.30. The number of aryl methyl sites for hydroxylation is 1. The predicted molar refractivity (Wildman–Crippen MR) is 104 cm³/mol. The predicted octanol–water partition coefficient (Wildman–Crippen LogP) is 3.10. The molecule has 0 unspecified atom stereocenters. The molecular weight excluding hydrogens is 324 g/mol. The summed E-state index contributed by atoms with van der Waals surface area (Å²) in [4.78, 5) is 14.1. The van der Waals surface area contributed by atoms with Crippen LogP contribution in [0.2, 0.25) is 0 Å². The van der Waals surface area contributed by atoms with E-state index in [1.807, 2.05) is 31.2 Å². The number of amides is 1. The van der Waals surface area contributed by atoms with Gasteiger partial charge in [-0.05, 0) is 32.4 Å². The van der Waals surface area contributed by atoms with Crippen molar-refractivity contribution in [3.8, 4) is 0 Å². The first-order chi connectivity index (χ1) is 12.6. The normalized spacial score (nSPS) is 11.2. The van der Waals surface area contributed by atoms with Crippen molar-refractivity contribution in [2.75, 3.05) is 13.1 Å². The molecule has 2 aromatic carbocycles. The van der Waals surface area contributed by atoms with Gasteiger partial charge in [-0.2, -0.15) is 0 Å². The number of rotatable bonds is 7. The molecule has 1 amide bonds. The number of furan rings is 1. The Bertz CT molecular complexity index is 877. The van der Waals surface area contributed by atoms with Gasteiger partial charge in [-0.1, -0.05) is 42.5 Å². The van der Waals surface area contributed by atoms with Crippen LogP contribution >= 0.6 is 0 Å². The molecule has 0 aliphatic carbocycles. The van der Waals surface area contributed by atoms with Crippen LogP contribution in [0.1, 0.15) is 41.1 Å². The van der Waals surface area contributed by atoms with Crippen LogP contribution in [-0.4, -0.2) is 19.0 Å². The largest absolute Gasteiger partial charge is 0.451 e. The van der Waals surface area contributed by atoms with Crippen molar-refractivity contribution < 1.29 is 14.1 Å². The zero-order valence-electron chi connectivity index (χ0n) is 15.8. The van der Waals surface area contributed by atoms with Crippen LogP contribution in [-0.2, 0) is 13.1 Å². The van der Waals surface area contributed by atoms with Crippen LogP contribution < -0.4 is 10.2 Å². The molecule has 4 heteroatoms. The Balaban J connectivity index is 1.63. The summed E-state index contributed by atoms with van der Waals surface area (Å²) in [5, 5.41) is 3.95. The summed E-state index contributed by atoms with van der Waals surface area (Å²) in [6, 6.07) is 16.2. The zero-order chi connectivity index (χ0) is 18.5. The van der Waals surface area contributed by atoms with Crippen LogP contribution in [0.15, 0.2) is 52.9 Å². The third-order valence-electron chi connectivity index (χ3n) is 4.98. The van der Waals surface area contributed by atoms with Crippen LogP contribution in [0, 0.1) is 6.92 Å². The second-order valence-electron chi connectivity index (χ2n) is 6.69. The molecule has 0 radical (unpaired) electrons. The average molecular weight is 351 g/mol. The zero-order valence-corrected chi connectivity index (χ0v) is 15.8. The average Bonchev–Trinajstić information content (AvgIpc) is 3.02. The maximum atomic E-state index is 12.5. The van der Waals surface area contributed by atoms with Gasteiger partial charge in [-0.15, -0.1) is 0 Å². The molecule has 0 aliphatic rings. The number of para-hydroxylation sites is 1. The Morgan fingerprint density at radius 2 is 1.65 bits per heavy atom. The monoisotopic (exact) mass is 351 g/mol. The molecule has 26 heavy (non-hydrogen) atoms. The number of hydrogen-bond donors (Lipinski definition) is 2. The topological polar surface area (TPSA) is 46.7 Å². The summed E-state index contributed by atoms with van der Waals surface area (Å²) < 4.78 is 5.72. The van der Waals surface area contributed by atoms with Crippen molar-refractivity contribution in [3.63, 3.8) is 0 Å². The van der Waals surface area contributed by atoms with Crippen LogP contribution in [0.25, 0.3) is 11.0 Å². The van der Waals surface area contributed by atoms with Crippen molar-refractivity contribution in [2.24, 2.45) is 0 Å². The number of carbonyl (C=O) groups excluding carboxylic acids is 1. The van der Waals surface area contributed by atoms with Gasteiger partial charge < -0.3 is 14.6 Å². The van der Waals surface area contributed by atoms with Crippen LogP contribution in [0.4, 0.5) is 0 Å². The molecule has 3 rings (SSSR count). The highest BCUT2D eigenvalue weighted by atomic mass is 16.3. The van der Waals surface area contributed by atoms with Gasteiger partial charge in [0.1, 0.15) is 12.1 Å². The highest BCUT2D eigenvalue weighted by molar-refractivity contribution is 5.98. The van der Waals surface area contributed by atoms with E-state index in [4.69, 9.17) is 4.42 Å². The molecule has 0 spiro atoms. The summed E-state index contributed by atoms with van der Waals surface area (Å²) in [5.74, 6) is 0.225. The molecule has 1 heterocycles. The minimum atomic E-state index is -0.171. The van der Waals surface area contributed by atoms with Gasteiger partial charge in [0.2, 0.25) is 0 Å². The fourth-order valence-corrected chi connectivity index (χ4v) is 3.22. The van der Waals surface area contributed by atoms with Gasteiger partial charge in [0.25, 0.3) is 5.91 Å². The summed E-state index contributed by atoms with van der Waals surface area (Å²) >= 11 is 0. The van der Waals surface area contributed by atoms with E-state index in [9.17, 15) is 4.79 Å². The maximum absolute atomic E-state index is 12.5. The molecule has 0 aliphatic heterocycles. The second kappa shape index (κ2) is 8.19. The van der Waals surface area contributed by atoms with E-state index in [1.54, 1.807) is 4.90 Å². The summed E-state index contributed by atoms with van der Waals surface area (Å²) in [7, 11) is 0. The van der Waals surface area contributed by atoms with Crippen molar-refractivity contribution in [1.82, 2.24) is 5.32 Å². The molecule has 0 bridgehead atoms. The smallest absolute Gasteiger partial charge is 0.287 e. The van der Waals surface area contributed by atoms with Gasteiger partial charge in [0.15, 0.2) is 5.76 Å². The number of quaternary nitrogens is 1. The van der Waals surface area contributed by atoms with Gasteiger partial charge in [0.05, 0.1) is 13.1 Å². The second-order valence-corrected chi connectivity index (χ2v) is 6.69. The number of fused-ring (bicyclic) bond motifs is 1. The third-order valence-corrected chi connectivity index (χ3v) is 4.98. The fourth-order valence-electron chi connectivity index (χ4n) is 3.22. The lowest BCUT2D eigenvalue weighted by atomic mass is 10.1. The molecular formula is C22H27N2O2+. The third kappa shape index (κ3) is 3.97. The molecule has 0 fully saturated rings.